The van der Waals surface area contributed by atoms with Crippen LogP contribution < -0.4 is 0 Å². The van der Waals surface area contributed by atoms with Gasteiger partial charge in [-0.15, -0.1) is 0 Å². The smallest absolute Gasteiger partial charge is 0.0696 e. The SMILES string of the molecule is O[C@H]1CC[C@H]1N1CCCCC1. The van der Waals surface area contributed by atoms with Gasteiger partial charge in [0.2, 0.25) is 0 Å². The number of nitrogens with zero attached hydrogens (tertiary/aromatic N) is 1. The van der Waals surface area contributed by atoms with Crippen LogP contribution in [0.5, 0.6) is 0 Å². The third kappa shape index (κ3) is 1.42. The van der Waals surface area contributed by atoms with Crippen LogP contribution in [0.25, 0.3) is 0 Å². The lowest BCUT2D eigenvalue weighted by molar-refractivity contribution is -0.0280. The highest BCUT2D eigenvalue weighted by atomic mass is 16.3. The third-order valence-electron chi connectivity index (χ3n) is 3.06. The second-order valence-electron chi connectivity index (χ2n) is 3.81. The molecule has 2 heteroatoms. The van der Waals surface area contributed by atoms with E-state index in [4.69, 9.17) is 0 Å². The van der Waals surface area contributed by atoms with Crippen molar-refractivity contribution >= 4 is 0 Å². The molecule has 0 amide bonds. The number of rotatable bonds is 1. The van der Waals surface area contributed by atoms with Gasteiger partial charge in [0.15, 0.2) is 0 Å². The van der Waals surface area contributed by atoms with Gasteiger partial charge < -0.3 is 5.11 Å². The van der Waals surface area contributed by atoms with Crippen molar-refractivity contribution < 1.29 is 5.11 Å². The standard InChI is InChI=1S/C9H17NO/c11-9-5-4-8(9)10-6-2-1-3-7-10/h8-9,11H,1-7H2/t8-,9+/m1/s1. The van der Waals surface area contributed by atoms with E-state index in [9.17, 15) is 5.11 Å². The Labute approximate surface area is 68.2 Å². The molecule has 0 bridgehead atoms. The van der Waals surface area contributed by atoms with Crippen LogP contribution in [0.4, 0.5) is 0 Å². The molecule has 2 nitrogen and oxygen atoms in total. The van der Waals surface area contributed by atoms with Gasteiger partial charge in [0.1, 0.15) is 0 Å². The molecule has 2 fully saturated rings. The molecule has 0 aromatic heterocycles. The molecule has 1 saturated heterocycles. The molecule has 1 aliphatic carbocycles. The Morgan fingerprint density at radius 2 is 1.73 bits per heavy atom. The van der Waals surface area contributed by atoms with Crippen molar-refractivity contribution in [2.75, 3.05) is 13.1 Å². The molecule has 1 saturated carbocycles. The van der Waals surface area contributed by atoms with Crippen molar-refractivity contribution in [1.82, 2.24) is 4.90 Å². The van der Waals surface area contributed by atoms with Gasteiger partial charge in [-0.1, -0.05) is 6.42 Å². The fraction of sp³-hybridized carbons (Fsp3) is 1.00. The van der Waals surface area contributed by atoms with Gasteiger partial charge in [0.25, 0.3) is 0 Å². The summed E-state index contributed by atoms with van der Waals surface area (Å²) in [7, 11) is 0. The maximum Gasteiger partial charge on any atom is 0.0696 e. The van der Waals surface area contributed by atoms with E-state index < -0.39 is 0 Å². The minimum Gasteiger partial charge on any atom is -0.391 e. The maximum absolute atomic E-state index is 9.42. The summed E-state index contributed by atoms with van der Waals surface area (Å²) >= 11 is 0. The largest absolute Gasteiger partial charge is 0.391 e. The van der Waals surface area contributed by atoms with Crippen LogP contribution in [-0.4, -0.2) is 35.2 Å². The van der Waals surface area contributed by atoms with Gasteiger partial charge in [-0.3, -0.25) is 4.90 Å². The topological polar surface area (TPSA) is 23.5 Å². The summed E-state index contributed by atoms with van der Waals surface area (Å²) < 4.78 is 0. The van der Waals surface area contributed by atoms with Gasteiger partial charge in [-0.2, -0.15) is 0 Å². The predicted octanol–water partition coefficient (Wildman–Crippen LogP) is 0.996. The highest BCUT2D eigenvalue weighted by molar-refractivity contribution is 4.89. The van der Waals surface area contributed by atoms with Gasteiger partial charge >= 0.3 is 0 Å². The van der Waals surface area contributed by atoms with Crippen molar-refractivity contribution in [3.05, 3.63) is 0 Å². The van der Waals surface area contributed by atoms with Crippen LogP contribution in [0.3, 0.4) is 0 Å². The molecule has 1 heterocycles. The second kappa shape index (κ2) is 3.11. The van der Waals surface area contributed by atoms with Crippen LogP contribution >= 0.6 is 0 Å². The van der Waals surface area contributed by atoms with Crippen LogP contribution in [-0.2, 0) is 0 Å². The lowest BCUT2D eigenvalue weighted by atomic mass is 9.86. The van der Waals surface area contributed by atoms with Crippen LogP contribution in [0.15, 0.2) is 0 Å². The normalized spacial score (nSPS) is 40.1. The third-order valence-corrected chi connectivity index (χ3v) is 3.06. The average Bonchev–Trinajstić information content (AvgIpc) is 2.04. The van der Waals surface area contributed by atoms with Crippen molar-refractivity contribution in [3.63, 3.8) is 0 Å². The van der Waals surface area contributed by atoms with E-state index in [0.29, 0.717) is 6.04 Å². The van der Waals surface area contributed by atoms with E-state index in [2.05, 4.69) is 4.90 Å². The Morgan fingerprint density at radius 3 is 2.18 bits per heavy atom. The number of hydrogen-bond acceptors (Lipinski definition) is 2. The van der Waals surface area contributed by atoms with Crippen molar-refractivity contribution in [2.24, 2.45) is 0 Å². The molecule has 0 spiro atoms. The molecular weight excluding hydrogens is 138 g/mol. The zero-order chi connectivity index (χ0) is 7.68. The van der Waals surface area contributed by atoms with Crippen LogP contribution in [0.1, 0.15) is 32.1 Å². The summed E-state index contributed by atoms with van der Waals surface area (Å²) in [5.41, 5.74) is 0. The molecule has 0 unspecified atom stereocenters. The number of aliphatic hydroxyl groups excluding tert-OH is 1. The Hall–Kier alpha value is -0.0800. The predicted molar refractivity (Wildman–Crippen MR) is 44.5 cm³/mol. The summed E-state index contributed by atoms with van der Waals surface area (Å²) in [5, 5.41) is 9.42. The molecule has 64 valence electrons. The fourth-order valence-corrected chi connectivity index (χ4v) is 2.14. The molecule has 2 aliphatic rings. The first-order valence-corrected chi connectivity index (χ1v) is 4.80. The molecular formula is C9H17NO. The van der Waals surface area contributed by atoms with Gasteiger partial charge in [0.05, 0.1) is 6.10 Å². The second-order valence-corrected chi connectivity index (χ2v) is 3.81. The first-order valence-electron chi connectivity index (χ1n) is 4.80. The molecule has 1 N–H and O–H groups in total. The molecule has 2 atom stereocenters. The zero-order valence-electron chi connectivity index (χ0n) is 7.00. The quantitative estimate of drug-likeness (QED) is 0.610. The van der Waals surface area contributed by atoms with Crippen LogP contribution in [0.2, 0.25) is 0 Å². The minimum atomic E-state index is -0.00639. The van der Waals surface area contributed by atoms with E-state index in [-0.39, 0.29) is 6.10 Å². The number of piperidine rings is 1. The van der Waals surface area contributed by atoms with Gasteiger partial charge in [0, 0.05) is 6.04 Å². The van der Waals surface area contributed by atoms with Crippen molar-refractivity contribution in [3.8, 4) is 0 Å². The molecule has 0 aromatic rings. The number of aliphatic hydroxyl groups is 1. The van der Waals surface area contributed by atoms with Crippen molar-refractivity contribution in [1.29, 1.82) is 0 Å². The minimum absolute atomic E-state index is 0.00639. The summed E-state index contributed by atoms with van der Waals surface area (Å²) in [4.78, 5) is 2.47. The lowest BCUT2D eigenvalue weighted by Gasteiger charge is -2.43. The van der Waals surface area contributed by atoms with E-state index in [1.54, 1.807) is 0 Å². The Kier molecular flexibility index (Phi) is 2.14. The average molecular weight is 155 g/mol. The molecule has 2 rings (SSSR count). The fourth-order valence-electron chi connectivity index (χ4n) is 2.14. The van der Waals surface area contributed by atoms with E-state index in [1.165, 1.54) is 38.8 Å². The Balaban J connectivity index is 1.83. The van der Waals surface area contributed by atoms with E-state index in [1.807, 2.05) is 0 Å². The highest BCUT2D eigenvalue weighted by Gasteiger charge is 2.34. The van der Waals surface area contributed by atoms with Crippen LogP contribution in [0, 0.1) is 0 Å². The first-order chi connectivity index (χ1) is 5.38. The number of likely N-dealkylation sites (tertiary alicyclic amines) is 1. The summed E-state index contributed by atoms with van der Waals surface area (Å²) in [6.07, 6.45) is 6.31. The van der Waals surface area contributed by atoms with Gasteiger partial charge in [-0.25, -0.2) is 0 Å². The number of hydrogen-bond donors (Lipinski definition) is 1. The van der Waals surface area contributed by atoms with Crippen molar-refractivity contribution in [2.45, 2.75) is 44.2 Å². The lowest BCUT2D eigenvalue weighted by Crippen LogP contribution is -2.52. The first kappa shape index (κ1) is 7.56. The Morgan fingerprint density at radius 1 is 1.00 bits per heavy atom. The molecule has 0 aromatic carbocycles. The highest BCUT2D eigenvalue weighted by Crippen LogP contribution is 2.27. The summed E-state index contributed by atoms with van der Waals surface area (Å²) in [5.74, 6) is 0. The van der Waals surface area contributed by atoms with E-state index >= 15 is 0 Å². The molecule has 1 aliphatic heterocycles. The zero-order valence-corrected chi connectivity index (χ0v) is 7.00. The van der Waals surface area contributed by atoms with E-state index in [0.717, 1.165) is 6.42 Å². The monoisotopic (exact) mass is 155 g/mol. The molecule has 11 heavy (non-hydrogen) atoms. The summed E-state index contributed by atoms with van der Waals surface area (Å²) in [6.45, 7) is 2.45. The molecule has 0 radical (unpaired) electrons. The summed E-state index contributed by atoms with van der Waals surface area (Å²) in [6, 6.07) is 0.523. The Bertz CT molecular complexity index is 132. The maximum atomic E-state index is 9.42. The van der Waals surface area contributed by atoms with Gasteiger partial charge in [-0.05, 0) is 38.8 Å².